The number of fused-ring (bicyclic) bond motifs is 1. The number of benzene rings is 1. The van der Waals surface area contributed by atoms with E-state index in [1.54, 1.807) is 11.3 Å². The fourth-order valence-electron chi connectivity index (χ4n) is 2.35. The van der Waals surface area contributed by atoms with E-state index < -0.39 is 0 Å². The Bertz CT molecular complexity index is 722. The highest BCUT2D eigenvalue weighted by Crippen LogP contribution is 2.23. The van der Waals surface area contributed by atoms with Crippen LogP contribution in [0.4, 0.5) is 0 Å². The lowest BCUT2D eigenvalue weighted by Gasteiger charge is -2.05. The van der Waals surface area contributed by atoms with Crippen molar-refractivity contribution >= 4 is 27.5 Å². The lowest BCUT2D eigenvalue weighted by molar-refractivity contribution is -0.118. The van der Waals surface area contributed by atoms with Gasteiger partial charge in [-0.05, 0) is 37.5 Å². The van der Waals surface area contributed by atoms with Crippen molar-refractivity contribution in [2.45, 2.75) is 40.2 Å². The molecule has 0 fully saturated rings. The van der Waals surface area contributed by atoms with Crippen molar-refractivity contribution < 1.29 is 4.79 Å². The Morgan fingerprint density at radius 3 is 2.85 bits per heavy atom. The van der Waals surface area contributed by atoms with Crippen LogP contribution in [0.15, 0.2) is 29.8 Å². The van der Waals surface area contributed by atoms with Gasteiger partial charge in [0.15, 0.2) is 4.80 Å². The largest absolute Gasteiger partial charge is 0.312 e. The van der Waals surface area contributed by atoms with Gasteiger partial charge in [-0.3, -0.25) is 4.79 Å². The molecule has 106 valence electrons. The Morgan fingerprint density at radius 1 is 1.45 bits per heavy atom. The minimum atomic E-state index is -0.0498. The summed E-state index contributed by atoms with van der Waals surface area (Å²) in [6.07, 6.45) is 3.17. The molecule has 0 N–H and O–H groups in total. The van der Waals surface area contributed by atoms with E-state index in [4.69, 9.17) is 0 Å². The third-order valence-corrected chi connectivity index (χ3v) is 4.13. The van der Waals surface area contributed by atoms with Gasteiger partial charge in [0.2, 0.25) is 5.91 Å². The Morgan fingerprint density at radius 2 is 2.20 bits per heavy atom. The zero-order valence-electron chi connectivity index (χ0n) is 12.3. The van der Waals surface area contributed by atoms with Crippen molar-refractivity contribution in [1.29, 1.82) is 0 Å². The lowest BCUT2D eigenvalue weighted by Crippen LogP contribution is -2.16. The number of aromatic nitrogens is 1. The molecule has 0 aliphatic heterocycles. The number of nitrogens with zero attached hydrogens (tertiary/aromatic N) is 2. The van der Waals surface area contributed by atoms with Crippen LogP contribution >= 0.6 is 11.3 Å². The molecule has 1 heterocycles. The highest BCUT2D eigenvalue weighted by atomic mass is 32.1. The normalized spacial score (nSPS) is 12.1. The van der Waals surface area contributed by atoms with E-state index in [1.165, 1.54) is 15.8 Å². The Balaban J connectivity index is 2.71. The van der Waals surface area contributed by atoms with Crippen molar-refractivity contribution in [2.24, 2.45) is 4.99 Å². The number of aryl methyl sites for hydroxylation is 2. The van der Waals surface area contributed by atoms with Crippen LogP contribution in [0, 0.1) is 13.8 Å². The number of carbonyl (C=O) groups is 1. The van der Waals surface area contributed by atoms with Crippen molar-refractivity contribution in [3.8, 4) is 0 Å². The predicted molar refractivity (Wildman–Crippen MR) is 85.0 cm³/mol. The van der Waals surface area contributed by atoms with Crippen LogP contribution in [0.25, 0.3) is 10.2 Å². The lowest BCUT2D eigenvalue weighted by atomic mass is 10.1. The van der Waals surface area contributed by atoms with E-state index in [0.717, 1.165) is 16.7 Å². The van der Waals surface area contributed by atoms with E-state index in [9.17, 15) is 4.79 Å². The Hall–Kier alpha value is -1.68. The Labute approximate surface area is 123 Å². The third-order valence-electron chi connectivity index (χ3n) is 3.11. The minimum absolute atomic E-state index is 0.0498. The van der Waals surface area contributed by atoms with Crippen LogP contribution in [-0.4, -0.2) is 10.5 Å². The van der Waals surface area contributed by atoms with Crippen molar-refractivity contribution in [3.63, 3.8) is 0 Å². The summed E-state index contributed by atoms with van der Waals surface area (Å²) in [5, 5.41) is 0. The predicted octanol–water partition coefficient (Wildman–Crippen LogP) is 3.73. The quantitative estimate of drug-likeness (QED) is 0.789. The topological polar surface area (TPSA) is 34.4 Å². The molecule has 0 saturated carbocycles. The molecule has 2 aromatic rings. The molecule has 20 heavy (non-hydrogen) atoms. The molecule has 0 aliphatic rings. The molecular weight excluding hydrogens is 268 g/mol. The number of thiazole rings is 1. The van der Waals surface area contributed by atoms with Crippen molar-refractivity contribution in [3.05, 3.63) is 40.7 Å². The molecule has 0 unspecified atom stereocenters. The van der Waals surface area contributed by atoms with Crippen LogP contribution in [0.1, 0.15) is 30.9 Å². The summed E-state index contributed by atoms with van der Waals surface area (Å²) < 4.78 is 3.25. The number of carbonyl (C=O) groups excluding carboxylic acids is 1. The van der Waals surface area contributed by atoms with E-state index in [2.05, 4.69) is 42.1 Å². The summed E-state index contributed by atoms with van der Waals surface area (Å²) >= 11 is 1.57. The molecule has 0 radical (unpaired) electrons. The van der Waals surface area contributed by atoms with Gasteiger partial charge in [-0.2, -0.15) is 4.99 Å². The van der Waals surface area contributed by atoms with E-state index in [0.29, 0.717) is 13.0 Å². The number of rotatable bonds is 4. The molecule has 1 aromatic heterocycles. The van der Waals surface area contributed by atoms with E-state index in [-0.39, 0.29) is 5.91 Å². The molecule has 0 spiro atoms. The van der Waals surface area contributed by atoms with Crippen LogP contribution in [0.2, 0.25) is 0 Å². The summed E-state index contributed by atoms with van der Waals surface area (Å²) in [7, 11) is 0. The maximum Gasteiger partial charge on any atom is 0.248 e. The second-order valence-electron chi connectivity index (χ2n) is 4.97. The van der Waals surface area contributed by atoms with Crippen LogP contribution < -0.4 is 4.80 Å². The molecule has 0 aliphatic carbocycles. The van der Waals surface area contributed by atoms with Gasteiger partial charge in [-0.25, -0.2) is 0 Å². The summed E-state index contributed by atoms with van der Waals surface area (Å²) in [6, 6.07) is 4.31. The second-order valence-corrected chi connectivity index (χ2v) is 5.98. The molecule has 4 heteroatoms. The van der Waals surface area contributed by atoms with Crippen LogP contribution in [0.3, 0.4) is 0 Å². The van der Waals surface area contributed by atoms with Gasteiger partial charge >= 0.3 is 0 Å². The molecule has 0 atom stereocenters. The summed E-state index contributed by atoms with van der Waals surface area (Å²) in [6.45, 7) is 10.6. The highest BCUT2D eigenvalue weighted by molar-refractivity contribution is 7.16. The molecule has 1 aromatic carbocycles. The number of amides is 1. The first-order chi connectivity index (χ1) is 9.56. The van der Waals surface area contributed by atoms with Gasteiger partial charge in [0.05, 0.1) is 10.2 Å². The third kappa shape index (κ3) is 2.90. The van der Waals surface area contributed by atoms with Crippen LogP contribution in [0.5, 0.6) is 0 Å². The molecular formula is C16H20N2OS. The first kappa shape index (κ1) is 14.7. The monoisotopic (exact) mass is 288 g/mol. The van der Waals surface area contributed by atoms with Crippen molar-refractivity contribution in [2.75, 3.05) is 0 Å². The minimum Gasteiger partial charge on any atom is -0.312 e. The van der Waals surface area contributed by atoms with Gasteiger partial charge in [0.25, 0.3) is 0 Å². The maximum absolute atomic E-state index is 11.8. The smallest absolute Gasteiger partial charge is 0.248 e. The van der Waals surface area contributed by atoms with Gasteiger partial charge < -0.3 is 4.57 Å². The molecule has 0 saturated heterocycles. The van der Waals surface area contributed by atoms with E-state index >= 15 is 0 Å². The fourth-order valence-corrected chi connectivity index (χ4v) is 3.58. The maximum atomic E-state index is 11.8. The molecule has 2 rings (SSSR count). The first-order valence-electron chi connectivity index (χ1n) is 6.85. The number of hydrogen-bond donors (Lipinski definition) is 0. The SMILES string of the molecule is C=CCn1c(=NC(=O)CCC)sc2cc(C)cc(C)c21. The summed E-state index contributed by atoms with van der Waals surface area (Å²) in [5.41, 5.74) is 3.60. The molecule has 3 nitrogen and oxygen atoms in total. The van der Waals surface area contributed by atoms with E-state index in [1.807, 2.05) is 13.0 Å². The highest BCUT2D eigenvalue weighted by Gasteiger charge is 2.09. The van der Waals surface area contributed by atoms with Gasteiger partial charge in [-0.1, -0.05) is 30.4 Å². The summed E-state index contributed by atoms with van der Waals surface area (Å²) in [5.74, 6) is -0.0498. The zero-order valence-corrected chi connectivity index (χ0v) is 13.1. The fraction of sp³-hybridized carbons (Fsp3) is 0.375. The second kappa shape index (κ2) is 6.18. The summed E-state index contributed by atoms with van der Waals surface area (Å²) in [4.78, 5) is 16.8. The number of hydrogen-bond acceptors (Lipinski definition) is 2. The first-order valence-corrected chi connectivity index (χ1v) is 7.67. The number of allylic oxidation sites excluding steroid dienone is 1. The average Bonchev–Trinajstić information content (AvgIpc) is 2.68. The molecule has 0 bridgehead atoms. The van der Waals surface area contributed by atoms with Gasteiger partial charge in [0, 0.05) is 13.0 Å². The van der Waals surface area contributed by atoms with Crippen LogP contribution in [-0.2, 0) is 11.3 Å². The molecule has 1 amide bonds. The average molecular weight is 288 g/mol. The Kier molecular flexibility index (Phi) is 4.55. The van der Waals surface area contributed by atoms with Gasteiger partial charge in [-0.15, -0.1) is 6.58 Å². The van der Waals surface area contributed by atoms with Gasteiger partial charge in [0.1, 0.15) is 0 Å². The zero-order chi connectivity index (χ0) is 14.7. The standard InChI is InChI=1S/C16H20N2OS/c1-5-7-14(19)17-16-18(8-6-2)15-12(4)9-11(3)10-13(15)20-16/h6,9-10H,2,5,7-8H2,1,3-4H3. The van der Waals surface area contributed by atoms with Crippen molar-refractivity contribution in [1.82, 2.24) is 4.57 Å².